The van der Waals surface area contributed by atoms with Gasteiger partial charge in [-0.15, -0.1) is 11.3 Å². The second-order valence-electron chi connectivity index (χ2n) is 5.82. The molecule has 1 aromatic heterocycles. The molecule has 1 heterocycles. The van der Waals surface area contributed by atoms with Gasteiger partial charge in [-0.3, -0.25) is 0 Å². The van der Waals surface area contributed by atoms with Crippen molar-refractivity contribution in [2.24, 2.45) is 5.92 Å². The van der Waals surface area contributed by atoms with Crippen molar-refractivity contribution in [3.63, 3.8) is 0 Å². The van der Waals surface area contributed by atoms with Gasteiger partial charge in [-0.1, -0.05) is 52.0 Å². The zero-order valence-electron chi connectivity index (χ0n) is 13.6. The van der Waals surface area contributed by atoms with Gasteiger partial charge in [-0.2, -0.15) is 0 Å². The largest absolute Gasteiger partial charge is 0.312 e. The minimum atomic E-state index is 0.684. The first-order valence-corrected chi connectivity index (χ1v) is 8.74. The van der Waals surface area contributed by atoms with Crippen LogP contribution in [0.3, 0.4) is 0 Å². The van der Waals surface area contributed by atoms with Crippen molar-refractivity contribution in [1.29, 1.82) is 0 Å². The molecule has 0 saturated carbocycles. The van der Waals surface area contributed by atoms with E-state index >= 15 is 0 Å². The van der Waals surface area contributed by atoms with E-state index in [-0.39, 0.29) is 0 Å². The molecule has 3 heteroatoms. The van der Waals surface area contributed by atoms with Gasteiger partial charge >= 0.3 is 0 Å². The Morgan fingerprint density at radius 1 is 1.10 bits per heavy atom. The van der Waals surface area contributed by atoms with Crippen molar-refractivity contribution in [1.82, 2.24) is 10.3 Å². The minimum Gasteiger partial charge on any atom is -0.312 e. The van der Waals surface area contributed by atoms with E-state index in [1.54, 1.807) is 0 Å². The van der Waals surface area contributed by atoms with Crippen molar-refractivity contribution < 1.29 is 0 Å². The molecule has 0 aliphatic carbocycles. The maximum Gasteiger partial charge on any atom is 0.123 e. The number of rotatable bonds is 7. The number of aryl methyl sites for hydroxylation is 2. The van der Waals surface area contributed by atoms with E-state index in [0.717, 1.165) is 30.9 Å². The van der Waals surface area contributed by atoms with Crippen LogP contribution in [-0.4, -0.2) is 11.5 Å². The van der Waals surface area contributed by atoms with E-state index in [2.05, 4.69) is 57.3 Å². The summed E-state index contributed by atoms with van der Waals surface area (Å²) in [6.07, 6.45) is 2.09. The summed E-state index contributed by atoms with van der Waals surface area (Å²) in [5.74, 6) is 0.684. The Hall–Kier alpha value is -1.19. The lowest BCUT2D eigenvalue weighted by atomic mass is 10.1. The summed E-state index contributed by atoms with van der Waals surface area (Å²) in [7, 11) is 0. The number of aromatic nitrogens is 1. The summed E-state index contributed by atoms with van der Waals surface area (Å²) < 4.78 is 0. The fourth-order valence-corrected chi connectivity index (χ4v) is 3.40. The van der Waals surface area contributed by atoms with Crippen LogP contribution in [0.25, 0.3) is 10.6 Å². The predicted octanol–water partition coefficient (Wildman–Crippen LogP) is 4.68. The molecule has 0 unspecified atom stereocenters. The summed E-state index contributed by atoms with van der Waals surface area (Å²) in [5.41, 5.74) is 3.86. The summed E-state index contributed by atoms with van der Waals surface area (Å²) in [4.78, 5) is 6.21. The van der Waals surface area contributed by atoms with Crippen molar-refractivity contribution in [3.05, 3.63) is 40.4 Å². The Kier molecular flexibility index (Phi) is 5.95. The number of nitrogens with one attached hydrogen (secondary N) is 1. The molecule has 0 amide bonds. The van der Waals surface area contributed by atoms with Crippen LogP contribution in [-0.2, 0) is 19.4 Å². The van der Waals surface area contributed by atoms with Crippen LogP contribution in [0.5, 0.6) is 0 Å². The Morgan fingerprint density at radius 3 is 2.38 bits per heavy atom. The first-order valence-electron chi connectivity index (χ1n) is 7.92. The van der Waals surface area contributed by atoms with E-state index in [4.69, 9.17) is 4.98 Å². The monoisotopic (exact) mass is 302 g/mol. The molecule has 0 atom stereocenters. The molecule has 2 nitrogen and oxygen atoms in total. The average molecular weight is 302 g/mol. The maximum absolute atomic E-state index is 4.83. The maximum atomic E-state index is 4.83. The lowest BCUT2D eigenvalue weighted by Crippen LogP contribution is -2.18. The highest BCUT2D eigenvalue weighted by atomic mass is 32.1. The van der Waals surface area contributed by atoms with Crippen LogP contribution < -0.4 is 5.32 Å². The van der Waals surface area contributed by atoms with Gasteiger partial charge in [-0.05, 0) is 30.9 Å². The molecule has 0 aliphatic rings. The number of nitrogens with zero attached hydrogens (tertiary/aromatic N) is 1. The molecule has 1 N–H and O–H groups in total. The zero-order chi connectivity index (χ0) is 15.2. The molecule has 1 aromatic carbocycles. The summed E-state index contributed by atoms with van der Waals surface area (Å²) >= 11 is 1.83. The van der Waals surface area contributed by atoms with Gasteiger partial charge in [0.1, 0.15) is 5.01 Å². The highest BCUT2D eigenvalue weighted by Gasteiger charge is 2.11. The molecule has 0 aliphatic heterocycles. The molecule has 0 fully saturated rings. The zero-order valence-corrected chi connectivity index (χ0v) is 14.4. The van der Waals surface area contributed by atoms with Crippen LogP contribution in [0.1, 0.15) is 43.8 Å². The summed E-state index contributed by atoms with van der Waals surface area (Å²) in [6.45, 7) is 10.8. The third kappa shape index (κ3) is 4.39. The van der Waals surface area contributed by atoms with E-state index in [1.165, 1.54) is 21.7 Å². The van der Waals surface area contributed by atoms with Crippen molar-refractivity contribution in [2.75, 3.05) is 6.54 Å². The quantitative estimate of drug-likeness (QED) is 0.803. The highest BCUT2D eigenvalue weighted by molar-refractivity contribution is 7.15. The Balaban J connectivity index is 2.14. The fraction of sp³-hybridized carbons (Fsp3) is 0.500. The van der Waals surface area contributed by atoms with Crippen LogP contribution in [0.4, 0.5) is 0 Å². The molecule has 0 spiro atoms. The summed E-state index contributed by atoms with van der Waals surface area (Å²) in [6, 6.07) is 8.81. The topological polar surface area (TPSA) is 24.9 Å². The van der Waals surface area contributed by atoms with Gasteiger partial charge in [-0.25, -0.2) is 4.98 Å². The standard InChI is InChI=1S/C18H26N2S/c1-5-14-7-9-15(10-8-14)18-20-16(6-2)17(21-18)12-19-11-13(3)4/h7-10,13,19H,5-6,11-12H2,1-4H3. The molecule has 2 aromatic rings. The molecule has 114 valence electrons. The van der Waals surface area contributed by atoms with Crippen LogP contribution in [0.2, 0.25) is 0 Å². The second-order valence-corrected chi connectivity index (χ2v) is 6.90. The Labute approximate surface area is 132 Å². The van der Waals surface area contributed by atoms with Crippen LogP contribution >= 0.6 is 11.3 Å². The SMILES string of the molecule is CCc1ccc(-c2nc(CC)c(CNCC(C)C)s2)cc1. The van der Waals surface area contributed by atoms with E-state index in [0.29, 0.717) is 5.92 Å². The van der Waals surface area contributed by atoms with Gasteiger partial charge in [0.25, 0.3) is 0 Å². The van der Waals surface area contributed by atoms with E-state index in [9.17, 15) is 0 Å². The third-order valence-electron chi connectivity index (χ3n) is 3.56. The normalized spacial score (nSPS) is 11.3. The first kappa shape index (κ1) is 16.2. The Morgan fingerprint density at radius 2 is 1.81 bits per heavy atom. The van der Waals surface area contributed by atoms with Crippen molar-refractivity contribution in [2.45, 2.75) is 47.1 Å². The van der Waals surface area contributed by atoms with Gasteiger partial charge in [0, 0.05) is 17.0 Å². The van der Waals surface area contributed by atoms with Gasteiger partial charge in [0.05, 0.1) is 5.69 Å². The first-order chi connectivity index (χ1) is 10.1. The lowest BCUT2D eigenvalue weighted by molar-refractivity contribution is 0.553. The van der Waals surface area contributed by atoms with Crippen LogP contribution in [0.15, 0.2) is 24.3 Å². The number of benzene rings is 1. The minimum absolute atomic E-state index is 0.684. The third-order valence-corrected chi connectivity index (χ3v) is 4.71. The molecule has 2 rings (SSSR count). The molecular weight excluding hydrogens is 276 g/mol. The lowest BCUT2D eigenvalue weighted by Gasteiger charge is -2.06. The van der Waals surface area contributed by atoms with E-state index < -0.39 is 0 Å². The van der Waals surface area contributed by atoms with Gasteiger partial charge < -0.3 is 5.32 Å². The fourth-order valence-electron chi connectivity index (χ4n) is 2.28. The molecule has 0 bridgehead atoms. The van der Waals surface area contributed by atoms with Crippen molar-refractivity contribution >= 4 is 11.3 Å². The average Bonchev–Trinajstić information content (AvgIpc) is 2.90. The number of hydrogen-bond donors (Lipinski definition) is 1. The van der Waals surface area contributed by atoms with Gasteiger partial charge in [0.15, 0.2) is 0 Å². The smallest absolute Gasteiger partial charge is 0.123 e. The van der Waals surface area contributed by atoms with Crippen LogP contribution in [0, 0.1) is 5.92 Å². The highest BCUT2D eigenvalue weighted by Crippen LogP contribution is 2.28. The second kappa shape index (κ2) is 7.71. The number of hydrogen-bond acceptors (Lipinski definition) is 3. The molecular formula is C18H26N2S. The van der Waals surface area contributed by atoms with E-state index in [1.807, 2.05) is 11.3 Å². The van der Waals surface area contributed by atoms with Gasteiger partial charge in [0.2, 0.25) is 0 Å². The Bertz CT molecular complexity index is 555. The molecule has 0 saturated heterocycles. The predicted molar refractivity (Wildman–Crippen MR) is 92.9 cm³/mol. The van der Waals surface area contributed by atoms with Crippen molar-refractivity contribution in [3.8, 4) is 10.6 Å². The number of thiazole rings is 1. The molecule has 21 heavy (non-hydrogen) atoms. The molecule has 0 radical (unpaired) electrons. The summed E-state index contributed by atoms with van der Waals surface area (Å²) in [5, 5.41) is 4.68.